The van der Waals surface area contributed by atoms with E-state index < -0.39 is 0 Å². The number of nitrogens with one attached hydrogen (secondary N) is 1. The summed E-state index contributed by atoms with van der Waals surface area (Å²) in [6, 6.07) is 0. The number of aromatic nitrogens is 2. The Hall–Kier alpha value is -1.40. The minimum atomic E-state index is 0.203. The highest BCUT2D eigenvalue weighted by Gasteiger charge is 2.46. The van der Waals surface area contributed by atoms with Crippen LogP contribution in [0.1, 0.15) is 56.5 Å². The largest absolute Gasteiger partial charge is 0.396 e. The number of carbonyl (C=O) groups is 1. The zero-order valence-electron chi connectivity index (χ0n) is 16.6. The maximum atomic E-state index is 12.8. The summed E-state index contributed by atoms with van der Waals surface area (Å²) in [5.74, 6) is 1.80. The van der Waals surface area contributed by atoms with Crippen LogP contribution in [-0.4, -0.2) is 63.6 Å². The fourth-order valence-electron chi connectivity index (χ4n) is 5.60. The Morgan fingerprint density at radius 3 is 2.59 bits per heavy atom. The number of aliphatic hydroxyl groups is 1. The molecule has 2 aliphatic heterocycles. The molecular formula is C21H34N4O2. The lowest BCUT2D eigenvalue weighted by molar-refractivity contribution is -0.142. The molecule has 1 saturated carbocycles. The monoisotopic (exact) mass is 374 g/mol. The van der Waals surface area contributed by atoms with Gasteiger partial charge < -0.3 is 15.0 Å². The molecule has 1 aliphatic carbocycles. The average molecular weight is 375 g/mol. The smallest absolute Gasteiger partial charge is 0.225 e. The number of imidazole rings is 1. The first-order valence-corrected chi connectivity index (χ1v) is 10.7. The maximum Gasteiger partial charge on any atom is 0.225 e. The molecule has 3 heterocycles. The van der Waals surface area contributed by atoms with Gasteiger partial charge in [0.15, 0.2) is 0 Å². The molecule has 3 aliphatic rings. The highest BCUT2D eigenvalue weighted by atomic mass is 16.3. The molecule has 0 bridgehead atoms. The number of likely N-dealkylation sites (tertiary alicyclic amines) is 2. The molecule has 0 radical (unpaired) electrons. The van der Waals surface area contributed by atoms with Gasteiger partial charge in [-0.25, -0.2) is 4.98 Å². The van der Waals surface area contributed by atoms with Crippen LogP contribution in [0.4, 0.5) is 0 Å². The van der Waals surface area contributed by atoms with Crippen molar-refractivity contribution in [3.05, 3.63) is 17.7 Å². The van der Waals surface area contributed by atoms with Gasteiger partial charge in [-0.2, -0.15) is 0 Å². The van der Waals surface area contributed by atoms with Crippen LogP contribution in [0.5, 0.6) is 0 Å². The number of rotatable bonds is 4. The number of aryl methyl sites for hydroxylation is 1. The molecule has 1 atom stereocenters. The summed E-state index contributed by atoms with van der Waals surface area (Å²) < 4.78 is 0. The van der Waals surface area contributed by atoms with Crippen molar-refractivity contribution >= 4 is 5.91 Å². The third-order valence-corrected chi connectivity index (χ3v) is 7.42. The highest BCUT2D eigenvalue weighted by molar-refractivity contribution is 5.79. The molecule has 2 saturated heterocycles. The molecule has 1 amide bonds. The van der Waals surface area contributed by atoms with Gasteiger partial charge in [0.25, 0.3) is 0 Å². The Kier molecular flexibility index (Phi) is 5.55. The molecule has 0 aromatic carbocycles. The summed E-state index contributed by atoms with van der Waals surface area (Å²) in [6.07, 6.45) is 9.75. The quantitative estimate of drug-likeness (QED) is 0.848. The van der Waals surface area contributed by atoms with E-state index in [4.69, 9.17) is 0 Å². The van der Waals surface area contributed by atoms with E-state index in [-0.39, 0.29) is 23.9 Å². The van der Waals surface area contributed by atoms with E-state index in [0.717, 1.165) is 70.7 Å². The van der Waals surface area contributed by atoms with Crippen LogP contribution in [0.3, 0.4) is 0 Å². The molecule has 0 unspecified atom stereocenters. The SMILES string of the molecule is Cc1ncc(CN2CCC3(CC2)CCN(C(=O)C2CCCC2)C[C@H]3CO)[nH]1. The van der Waals surface area contributed by atoms with Crippen molar-refractivity contribution < 1.29 is 9.90 Å². The number of carbonyl (C=O) groups excluding carboxylic acids is 1. The molecule has 2 N–H and O–H groups in total. The number of amides is 1. The summed E-state index contributed by atoms with van der Waals surface area (Å²) in [5, 5.41) is 10.1. The number of hydrogen-bond donors (Lipinski definition) is 2. The van der Waals surface area contributed by atoms with Crippen molar-refractivity contribution in [3.8, 4) is 0 Å². The molecular weight excluding hydrogens is 340 g/mol. The van der Waals surface area contributed by atoms with Crippen molar-refractivity contribution in [1.29, 1.82) is 0 Å². The highest BCUT2D eigenvalue weighted by Crippen LogP contribution is 2.45. The minimum absolute atomic E-state index is 0.203. The first-order valence-electron chi connectivity index (χ1n) is 10.7. The van der Waals surface area contributed by atoms with Gasteiger partial charge in [-0.15, -0.1) is 0 Å². The van der Waals surface area contributed by atoms with E-state index >= 15 is 0 Å². The molecule has 3 fully saturated rings. The lowest BCUT2D eigenvalue weighted by Crippen LogP contribution is -2.55. The van der Waals surface area contributed by atoms with Gasteiger partial charge in [-0.1, -0.05) is 12.8 Å². The molecule has 6 nitrogen and oxygen atoms in total. The minimum Gasteiger partial charge on any atom is -0.396 e. The van der Waals surface area contributed by atoms with Crippen LogP contribution < -0.4 is 0 Å². The van der Waals surface area contributed by atoms with E-state index in [1.807, 2.05) is 13.1 Å². The standard InChI is InChI=1S/C21H34N4O2/c1-16-22-12-19(23-16)14-24-9-6-21(7-10-24)8-11-25(13-18(21)15-26)20(27)17-4-2-3-5-17/h12,17-18,26H,2-11,13-15H2,1H3,(H,22,23)/t18-/m0/s1. The van der Waals surface area contributed by atoms with Crippen molar-refractivity contribution in [1.82, 2.24) is 19.8 Å². The molecule has 1 spiro atoms. The predicted octanol–water partition coefficient (Wildman–Crippen LogP) is 2.33. The fraction of sp³-hybridized carbons (Fsp3) is 0.810. The summed E-state index contributed by atoms with van der Waals surface area (Å²) in [5.41, 5.74) is 1.39. The number of aromatic amines is 1. The van der Waals surface area contributed by atoms with Crippen LogP contribution in [0, 0.1) is 24.2 Å². The third kappa shape index (κ3) is 3.92. The number of nitrogens with zero attached hydrogens (tertiary/aromatic N) is 3. The predicted molar refractivity (Wildman–Crippen MR) is 104 cm³/mol. The van der Waals surface area contributed by atoms with Crippen LogP contribution in [0.15, 0.2) is 6.20 Å². The van der Waals surface area contributed by atoms with Crippen LogP contribution in [0.25, 0.3) is 0 Å². The molecule has 4 rings (SSSR count). The summed E-state index contributed by atoms with van der Waals surface area (Å²) in [6.45, 7) is 6.87. The third-order valence-electron chi connectivity index (χ3n) is 7.42. The molecule has 1 aromatic heterocycles. The van der Waals surface area contributed by atoms with E-state index in [9.17, 15) is 9.90 Å². The number of piperidine rings is 2. The second kappa shape index (κ2) is 7.92. The van der Waals surface area contributed by atoms with Gasteiger partial charge in [0.05, 0.1) is 0 Å². The summed E-state index contributed by atoms with van der Waals surface area (Å²) in [4.78, 5) is 25.0. The number of aliphatic hydroxyl groups excluding tert-OH is 1. The summed E-state index contributed by atoms with van der Waals surface area (Å²) in [7, 11) is 0. The topological polar surface area (TPSA) is 72.5 Å². The molecule has 27 heavy (non-hydrogen) atoms. The van der Waals surface area contributed by atoms with Gasteiger partial charge >= 0.3 is 0 Å². The maximum absolute atomic E-state index is 12.8. The second-order valence-corrected chi connectivity index (χ2v) is 9.03. The number of H-pyrrole nitrogens is 1. The van der Waals surface area contributed by atoms with Crippen molar-refractivity contribution in [2.45, 2.75) is 58.4 Å². The van der Waals surface area contributed by atoms with Gasteiger partial charge in [0.1, 0.15) is 5.82 Å². The Morgan fingerprint density at radius 2 is 1.96 bits per heavy atom. The van der Waals surface area contributed by atoms with Crippen molar-refractivity contribution in [2.24, 2.45) is 17.3 Å². The number of hydrogen-bond acceptors (Lipinski definition) is 4. The van der Waals surface area contributed by atoms with E-state index in [2.05, 4.69) is 19.8 Å². The Bertz CT molecular complexity index is 644. The van der Waals surface area contributed by atoms with Crippen LogP contribution >= 0.6 is 0 Å². The fourth-order valence-corrected chi connectivity index (χ4v) is 5.60. The van der Waals surface area contributed by atoms with Crippen molar-refractivity contribution in [3.63, 3.8) is 0 Å². The van der Waals surface area contributed by atoms with Crippen LogP contribution in [-0.2, 0) is 11.3 Å². The van der Waals surface area contributed by atoms with Gasteiger partial charge in [-0.3, -0.25) is 9.69 Å². The van der Waals surface area contributed by atoms with E-state index in [1.54, 1.807) is 0 Å². The van der Waals surface area contributed by atoms with E-state index in [1.165, 1.54) is 18.5 Å². The lowest BCUT2D eigenvalue weighted by atomic mass is 9.64. The molecule has 1 aromatic rings. The Balaban J connectivity index is 1.34. The normalized spacial score (nSPS) is 26.7. The van der Waals surface area contributed by atoms with Gasteiger partial charge in [0, 0.05) is 50.0 Å². The van der Waals surface area contributed by atoms with Gasteiger partial charge in [0.2, 0.25) is 5.91 Å². The Morgan fingerprint density at radius 1 is 1.26 bits per heavy atom. The first-order chi connectivity index (χ1) is 13.1. The molecule has 150 valence electrons. The zero-order valence-corrected chi connectivity index (χ0v) is 16.6. The average Bonchev–Trinajstić information content (AvgIpc) is 3.35. The van der Waals surface area contributed by atoms with Gasteiger partial charge in [-0.05, 0) is 57.5 Å². The zero-order chi connectivity index (χ0) is 18.9. The summed E-state index contributed by atoms with van der Waals surface area (Å²) >= 11 is 0. The van der Waals surface area contributed by atoms with E-state index in [0.29, 0.717) is 5.91 Å². The first kappa shape index (κ1) is 18.9. The van der Waals surface area contributed by atoms with Crippen molar-refractivity contribution in [2.75, 3.05) is 32.8 Å². The molecule has 6 heteroatoms. The second-order valence-electron chi connectivity index (χ2n) is 9.03. The van der Waals surface area contributed by atoms with Crippen LogP contribution in [0.2, 0.25) is 0 Å². The lowest BCUT2D eigenvalue weighted by Gasteiger charge is -2.51. The Labute approximate surface area is 162 Å².